The molecule has 6 aromatic rings. The molecule has 4 nitrogen and oxygen atoms in total. The van der Waals surface area contributed by atoms with Crippen LogP contribution in [-0.2, 0) is 0 Å². The molecule has 0 unspecified atom stereocenters. The molecule has 4 aromatic carbocycles. The van der Waals surface area contributed by atoms with Crippen LogP contribution in [-0.4, -0.2) is 19.5 Å². The lowest BCUT2D eigenvalue weighted by molar-refractivity contribution is 0.932. The molecular weight excluding hydrogens is 500 g/mol. The van der Waals surface area contributed by atoms with Crippen molar-refractivity contribution in [2.45, 2.75) is 13.3 Å². The predicted molar refractivity (Wildman–Crippen MR) is 171 cm³/mol. The number of fused-ring (bicyclic) bond motifs is 3. The number of hydrogen-bond donors (Lipinski definition) is 0. The van der Waals surface area contributed by atoms with Crippen LogP contribution in [0.25, 0.3) is 61.4 Å². The monoisotopic (exact) mass is 528 g/mol. The summed E-state index contributed by atoms with van der Waals surface area (Å²) < 4.78 is 2.20. The van der Waals surface area contributed by atoms with Crippen molar-refractivity contribution < 1.29 is 0 Å². The summed E-state index contributed by atoms with van der Waals surface area (Å²) in [6.07, 6.45) is 11.3. The quantitative estimate of drug-likeness (QED) is 0.224. The maximum atomic E-state index is 5.14. The lowest BCUT2D eigenvalue weighted by atomic mass is 9.94. The molecule has 41 heavy (non-hydrogen) atoms. The first-order valence-electron chi connectivity index (χ1n) is 13.8. The number of benzene rings is 4. The van der Waals surface area contributed by atoms with Gasteiger partial charge in [-0.25, -0.2) is 4.98 Å². The van der Waals surface area contributed by atoms with Crippen molar-refractivity contribution in [3.05, 3.63) is 145 Å². The van der Waals surface area contributed by atoms with Gasteiger partial charge in [0, 0.05) is 27.5 Å². The Morgan fingerprint density at radius 2 is 1.44 bits per heavy atom. The zero-order chi connectivity index (χ0) is 27.8. The summed E-state index contributed by atoms with van der Waals surface area (Å²) >= 11 is 0. The Morgan fingerprint density at radius 1 is 0.707 bits per heavy atom. The van der Waals surface area contributed by atoms with Gasteiger partial charge in [-0.15, -0.1) is 0 Å². The minimum absolute atomic E-state index is 0.590. The van der Waals surface area contributed by atoms with E-state index in [0.29, 0.717) is 17.6 Å². The van der Waals surface area contributed by atoms with E-state index >= 15 is 0 Å². The number of hydrogen-bond acceptors (Lipinski definition) is 3. The van der Waals surface area contributed by atoms with E-state index in [-0.39, 0.29) is 0 Å². The maximum Gasteiger partial charge on any atom is 0.238 e. The van der Waals surface area contributed by atoms with E-state index in [1.807, 2.05) is 36.4 Å². The molecule has 0 spiro atoms. The van der Waals surface area contributed by atoms with Crippen LogP contribution in [0.5, 0.6) is 0 Å². The predicted octanol–water partition coefficient (Wildman–Crippen LogP) is 9.24. The van der Waals surface area contributed by atoms with Crippen LogP contribution in [0, 0.1) is 0 Å². The Kier molecular flexibility index (Phi) is 6.21. The fourth-order valence-corrected chi connectivity index (χ4v) is 5.59. The van der Waals surface area contributed by atoms with E-state index in [1.165, 1.54) is 0 Å². The van der Waals surface area contributed by atoms with Gasteiger partial charge in [0.2, 0.25) is 5.95 Å². The van der Waals surface area contributed by atoms with Crippen molar-refractivity contribution in [2.75, 3.05) is 0 Å². The molecule has 0 atom stereocenters. The molecule has 4 heteroatoms. The van der Waals surface area contributed by atoms with Gasteiger partial charge >= 0.3 is 0 Å². The van der Waals surface area contributed by atoms with Gasteiger partial charge < -0.3 is 0 Å². The van der Waals surface area contributed by atoms with Crippen LogP contribution in [0.3, 0.4) is 0 Å². The van der Waals surface area contributed by atoms with Crippen molar-refractivity contribution in [1.82, 2.24) is 19.5 Å². The van der Waals surface area contributed by atoms with Crippen LogP contribution in [0.4, 0.5) is 0 Å². The summed E-state index contributed by atoms with van der Waals surface area (Å²) in [6.45, 7) is 6.33. The third-order valence-corrected chi connectivity index (χ3v) is 7.48. The SMILES string of the molecule is C=C(C)c1ccccc1-c1cccc2c3ccccc3n(-c3nc(C4=CCC=CC=C4)nc(-c4ccccc4)n3)c12. The average molecular weight is 529 g/mol. The summed E-state index contributed by atoms with van der Waals surface area (Å²) in [6, 6.07) is 33.5. The minimum Gasteiger partial charge on any atom is -0.277 e. The topological polar surface area (TPSA) is 43.6 Å². The van der Waals surface area contributed by atoms with Crippen LogP contribution in [0.15, 0.2) is 134 Å². The normalized spacial score (nSPS) is 13.0. The standard InChI is InChI=1S/C37H28N4/c1-25(2)28-19-10-11-20-29(28)31-22-14-23-32-30-21-12-13-24-33(30)41(34(31)32)37-39-35(26-15-6-3-4-7-16-26)38-36(40-37)27-17-8-5-9-18-27/h3-6,8-24H,1,7H2,2H3. The highest BCUT2D eigenvalue weighted by Gasteiger charge is 2.21. The Bertz CT molecular complexity index is 2040. The highest BCUT2D eigenvalue weighted by Crippen LogP contribution is 2.39. The Balaban J connectivity index is 1.59. The second kappa shape index (κ2) is 10.3. The summed E-state index contributed by atoms with van der Waals surface area (Å²) in [5.41, 5.74) is 8.42. The van der Waals surface area contributed by atoms with Gasteiger partial charge in [0.15, 0.2) is 11.6 Å². The molecule has 0 N–H and O–H groups in total. The molecule has 0 fully saturated rings. The van der Waals surface area contributed by atoms with Gasteiger partial charge in [-0.3, -0.25) is 4.57 Å². The summed E-state index contributed by atoms with van der Waals surface area (Å²) in [7, 11) is 0. The zero-order valence-electron chi connectivity index (χ0n) is 22.8. The Labute approximate surface area is 239 Å². The Hall–Kier alpha value is -5.35. The molecule has 196 valence electrons. The molecule has 0 amide bonds. The van der Waals surface area contributed by atoms with Gasteiger partial charge in [0.1, 0.15) is 0 Å². The van der Waals surface area contributed by atoms with Crippen LogP contribution in [0.2, 0.25) is 0 Å². The molecule has 0 saturated heterocycles. The van der Waals surface area contributed by atoms with Gasteiger partial charge in [0.05, 0.1) is 11.0 Å². The van der Waals surface area contributed by atoms with E-state index in [4.69, 9.17) is 15.0 Å². The van der Waals surface area contributed by atoms with Crippen molar-refractivity contribution >= 4 is 33.0 Å². The Morgan fingerprint density at radius 3 is 2.32 bits per heavy atom. The third kappa shape index (κ3) is 4.40. The summed E-state index contributed by atoms with van der Waals surface area (Å²) in [5, 5.41) is 2.30. The molecule has 2 heterocycles. The van der Waals surface area contributed by atoms with Crippen molar-refractivity contribution in [3.63, 3.8) is 0 Å². The minimum atomic E-state index is 0.590. The highest BCUT2D eigenvalue weighted by atomic mass is 15.2. The molecule has 7 rings (SSSR count). The van der Waals surface area contributed by atoms with Gasteiger partial charge in [-0.1, -0.05) is 134 Å². The summed E-state index contributed by atoms with van der Waals surface area (Å²) in [4.78, 5) is 15.2. The molecular formula is C37H28N4. The number of nitrogens with zero attached hydrogens (tertiary/aromatic N) is 4. The highest BCUT2D eigenvalue weighted by molar-refractivity contribution is 6.14. The van der Waals surface area contributed by atoms with Crippen LogP contribution < -0.4 is 0 Å². The largest absolute Gasteiger partial charge is 0.277 e. The van der Waals surface area contributed by atoms with Gasteiger partial charge in [0.25, 0.3) is 0 Å². The zero-order valence-corrected chi connectivity index (χ0v) is 22.8. The first-order valence-corrected chi connectivity index (χ1v) is 13.8. The molecule has 1 aliphatic rings. The third-order valence-electron chi connectivity index (χ3n) is 7.48. The van der Waals surface area contributed by atoms with E-state index in [9.17, 15) is 0 Å². The number of allylic oxidation sites excluding steroid dienone is 7. The lowest BCUT2D eigenvalue weighted by Gasteiger charge is -2.15. The molecule has 2 aromatic heterocycles. The fraction of sp³-hybridized carbons (Fsp3) is 0.0541. The number of para-hydroxylation sites is 2. The average Bonchev–Trinajstić information content (AvgIpc) is 3.15. The maximum absolute atomic E-state index is 5.14. The van der Waals surface area contributed by atoms with Gasteiger partial charge in [-0.2, -0.15) is 9.97 Å². The molecule has 0 radical (unpaired) electrons. The molecule has 0 bridgehead atoms. The van der Waals surface area contributed by atoms with E-state index < -0.39 is 0 Å². The van der Waals surface area contributed by atoms with Crippen molar-refractivity contribution in [2.24, 2.45) is 0 Å². The first kappa shape index (κ1) is 24.7. The smallest absolute Gasteiger partial charge is 0.238 e. The van der Waals surface area contributed by atoms with Crippen LogP contribution >= 0.6 is 0 Å². The molecule has 1 aliphatic carbocycles. The van der Waals surface area contributed by atoms with Crippen molar-refractivity contribution in [1.29, 1.82) is 0 Å². The van der Waals surface area contributed by atoms with E-state index in [2.05, 4.69) is 109 Å². The molecule has 0 saturated carbocycles. The van der Waals surface area contributed by atoms with E-state index in [0.717, 1.165) is 61.6 Å². The molecule has 0 aliphatic heterocycles. The fourth-order valence-electron chi connectivity index (χ4n) is 5.59. The second-order valence-corrected chi connectivity index (χ2v) is 10.2. The number of rotatable bonds is 5. The van der Waals surface area contributed by atoms with Crippen molar-refractivity contribution in [3.8, 4) is 28.5 Å². The second-order valence-electron chi connectivity index (χ2n) is 10.2. The van der Waals surface area contributed by atoms with E-state index in [1.54, 1.807) is 0 Å². The summed E-state index contributed by atoms with van der Waals surface area (Å²) in [5.74, 6) is 1.88. The van der Waals surface area contributed by atoms with Crippen LogP contribution in [0.1, 0.15) is 24.7 Å². The number of aromatic nitrogens is 4. The first-order chi connectivity index (χ1) is 20.2. The van der Waals surface area contributed by atoms with Gasteiger partial charge in [-0.05, 0) is 30.5 Å². The lowest BCUT2D eigenvalue weighted by Crippen LogP contribution is -2.08.